The summed E-state index contributed by atoms with van der Waals surface area (Å²) in [6, 6.07) is 6.44. The summed E-state index contributed by atoms with van der Waals surface area (Å²) < 4.78 is 18.0. The van der Waals surface area contributed by atoms with E-state index in [1.165, 1.54) is 18.2 Å². The predicted molar refractivity (Wildman–Crippen MR) is 64.5 cm³/mol. The lowest BCUT2D eigenvalue weighted by Gasteiger charge is -2.04. The Morgan fingerprint density at radius 3 is 2.68 bits per heavy atom. The number of furan rings is 1. The number of nitro groups is 1. The molecule has 1 N–H and O–H groups in total. The van der Waals surface area contributed by atoms with E-state index in [0.717, 1.165) is 12.1 Å². The van der Waals surface area contributed by atoms with Crippen LogP contribution in [0.5, 0.6) is 0 Å². The summed E-state index contributed by atoms with van der Waals surface area (Å²) in [5.74, 6) is -1.88. The smallest absolute Gasteiger partial charge is 0.395 e. The molecule has 0 aliphatic heterocycles. The van der Waals surface area contributed by atoms with E-state index in [0.29, 0.717) is 5.56 Å². The molecule has 0 unspecified atom stereocenters. The van der Waals surface area contributed by atoms with E-state index in [2.05, 4.69) is 5.32 Å². The number of carbonyl (C=O) groups is 1. The molecule has 0 bridgehead atoms. The van der Waals surface area contributed by atoms with E-state index in [-0.39, 0.29) is 11.4 Å². The number of halogens is 1. The Bertz CT molecular complexity index is 651. The number of benzene rings is 1. The minimum Gasteiger partial charge on any atom is -0.395 e. The van der Waals surface area contributed by atoms with Gasteiger partial charge in [-0.2, -0.15) is 0 Å². The van der Waals surface area contributed by atoms with Crippen molar-refractivity contribution >= 4 is 17.5 Å². The third kappa shape index (κ3) is 2.76. The molecule has 98 valence electrons. The quantitative estimate of drug-likeness (QED) is 0.682. The lowest BCUT2D eigenvalue weighted by molar-refractivity contribution is -0.402. The SMILES string of the molecule is Cc1ccc(NC(=O)c2ccc([N+](=O)[O-])o2)cc1F. The summed E-state index contributed by atoms with van der Waals surface area (Å²) in [7, 11) is 0. The molecular formula is C12H9FN2O4. The summed E-state index contributed by atoms with van der Waals surface area (Å²) in [6.45, 7) is 1.59. The molecule has 19 heavy (non-hydrogen) atoms. The number of amides is 1. The first kappa shape index (κ1) is 12.7. The van der Waals surface area contributed by atoms with Crippen LogP contribution in [0.2, 0.25) is 0 Å². The van der Waals surface area contributed by atoms with Crippen LogP contribution in [0.4, 0.5) is 16.0 Å². The molecule has 0 spiro atoms. The van der Waals surface area contributed by atoms with Crippen molar-refractivity contribution < 1.29 is 18.5 Å². The summed E-state index contributed by atoms with van der Waals surface area (Å²) >= 11 is 0. The zero-order valence-electron chi connectivity index (χ0n) is 9.84. The normalized spacial score (nSPS) is 10.2. The van der Waals surface area contributed by atoms with Gasteiger partial charge in [-0.3, -0.25) is 14.9 Å². The van der Waals surface area contributed by atoms with Crippen LogP contribution in [-0.4, -0.2) is 10.8 Å². The molecule has 0 fully saturated rings. The number of rotatable bonds is 3. The van der Waals surface area contributed by atoms with Crippen LogP contribution in [0.15, 0.2) is 34.7 Å². The second kappa shape index (κ2) is 4.89. The second-order valence-corrected chi connectivity index (χ2v) is 3.81. The maximum absolute atomic E-state index is 13.3. The van der Waals surface area contributed by atoms with Gasteiger partial charge in [0.1, 0.15) is 10.7 Å². The molecule has 0 saturated heterocycles. The fraction of sp³-hybridized carbons (Fsp3) is 0.0833. The van der Waals surface area contributed by atoms with E-state index in [1.54, 1.807) is 6.92 Å². The summed E-state index contributed by atoms with van der Waals surface area (Å²) in [5, 5.41) is 12.8. The Hall–Kier alpha value is -2.70. The summed E-state index contributed by atoms with van der Waals surface area (Å²) in [6.07, 6.45) is 0. The maximum atomic E-state index is 13.3. The average molecular weight is 264 g/mol. The summed E-state index contributed by atoms with van der Waals surface area (Å²) in [4.78, 5) is 21.4. The van der Waals surface area contributed by atoms with Gasteiger partial charge >= 0.3 is 5.88 Å². The van der Waals surface area contributed by atoms with Gasteiger partial charge in [0.2, 0.25) is 0 Å². The van der Waals surface area contributed by atoms with Crippen molar-refractivity contribution in [3.8, 4) is 0 Å². The van der Waals surface area contributed by atoms with E-state index in [9.17, 15) is 19.3 Å². The standard InChI is InChI=1S/C12H9FN2O4/c1-7-2-3-8(6-9(7)13)14-12(16)10-4-5-11(19-10)15(17)18/h2-6H,1H3,(H,14,16). The van der Waals surface area contributed by atoms with E-state index < -0.39 is 22.5 Å². The Labute approximate surface area is 107 Å². The van der Waals surface area contributed by atoms with Crippen molar-refractivity contribution in [2.24, 2.45) is 0 Å². The van der Waals surface area contributed by atoms with Crippen molar-refractivity contribution in [1.29, 1.82) is 0 Å². The third-order valence-electron chi connectivity index (χ3n) is 2.43. The molecular weight excluding hydrogens is 255 g/mol. The topological polar surface area (TPSA) is 85.4 Å². The van der Waals surface area contributed by atoms with Gasteiger partial charge in [-0.05, 0) is 30.7 Å². The Morgan fingerprint density at radius 2 is 2.11 bits per heavy atom. The first-order valence-electron chi connectivity index (χ1n) is 5.29. The molecule has 1 aromatic carbocycles. The fourth-order valence-electron chi connectivity index (χ4n) is 1.41. The minimum atomic E-state index is -0.748. The van der Waals surface area contributed by atoms with Gasteiger partial charge < -0.3 is 9.73 Å². The molecule has 2 rings (SSSR count). The van der Waals surface area contributed by atoms with E-state index >= 15 is 0 Å². The van der Waals surface area contributed by atoms with Gasteiger partial charge in [-0.25, -0.2) is 4.39 Å². The minimum absolute atomic E-state index is 0.215. The van der Waals surface area contributed by atoms with Crippen LogP contribution >= 0.6 is 0 Å². The second-order valence-electron chi connectivity index (χ2n) is 3.81. The highest BCUT2D eigenvalue weighted by Crippen LogP contribution is 2.18. The molecule has 0 saturated carbocycles. The highest BCUT2D eigenvalue weighted by molar-refractivity contribution is 6.02. The molecule has 0 radical (unpaired) electrons. The highest BCUT2D eigenvalue weighted by Gasteiger charge is 2.17. The first-order valence-corrected chi connectivity index (χ1v) is 5.29. The van der Waals surface area contributed by atoms with Crippen LogP contribution in [-0.2, 0) is 0 Å². The number of hydrogen-bond donors (Lipinski definition) is 1. The zero-order valence-corrected chi connectivity index (χ0v) is 9.84. The van der Waals surface area contributed by atoms with Crippen LogP contribution in [0.25, 0.3) is 0 Å². The number of nitrogens with one attached hydrogen (secondary N) is 1. The van der Waals surface area contributed by atoms with Crippen LogP contribution in [0, 0.1) is 22.9 Å². The first-order chi connectivity index (χ1) is 8.97. The number of aryl methyl sites for hydroxylation is 1. The monoisotopic (exact) mass is 264 g/mol. The van der Waals surface area contributed by atoms with Gasteiger partial charge in [-0.1, -0.05) is 6.07 Å². The predicted octanol–water partition coefficient (Wildman–Crippen LogP) is 2.89. The van der Waals surface area contributed by atoms with Gasteiger partial charge in [-0.15, -0.1) is 0 Å². The van der Waals surface area contributed by atoms with Gasteiger partial charge in [0.25, 0.3) is 5.91 Å². The van der Waals surface area contributed by atoms with Gasteiger partial charge in [0.15, 0.2) is 5.76 Å². The third-order valence-corrected chi connectivity index (χ3v) is 2.43. The van der Waals surface area contributed by atoms with Crippen LogP contribution in [0.3, 0.4) is 0 Å². The lowest BCUT2D eigenvalue weighted by atomic mass is 10.2. The number of hydrogen-bond acceptors (Lipinski definition) is 4. The lowest BCUT2D eigenvalue weighted by Crippen LogP contribution is -2.11. The molecule has 1 heterocycles. The molecule has 6 nitrogen and oxygen atoms in total. The molecule has 1 amide bonds. The maximum Gasteiger partial charge on any atom is 0.433 e. The van der Waals surface area contributed by atoms with Crippen molar-refractivity contribution in [1.82, 2.24) is 0 Å². The number of nitrogens with zero attached hydrogens (tertiary/aromatic N) is 1. The average Bonchev–Trinajstić information content (AvgIpc) is 2.83. The largest absolute Gasteiger partial charge is 0.433 e. The van der Waals surface area contributed by atoms with Crippen LogP contribution in [0.1, 0.15) is 16.1 Å². The van der Waals surface area contributed by atoms with Crippen molar-refractivity contribution in [3.05, 3.63) is 57.6 Å². The molecule has 0 atom stereocenters. The Kier molecular flexibility index (Phi) is 3.28. The van der Waals surface area contributed by atoms with Gasteiger partial charge in [0, 0.05) is 5.69 Å². The van der Waals surface area contributed by atoms with E-state index in [4.69, 9.17) is 4.42 Å². The molecule has 0 aliphatic carbocycles. The Balaban J connectivity index is 2.15. The number of carbonyl (C=O) groups excluding carboxylic acids is 1. The van der Waals surface area contributed by atoms with Crippen LogP contribution < -0.4 is 5.32 Å². The molecule has 7 heteroatoms. The molecule has 0 aliphatic rings. The van der Waals surface area contributed by atoms with Crippen molar-refractivity contribution in [2.75, 3.05) is 5.32 Å². The summed E-state index contributed by atoms with van der Waals surface area (Å²) in [5.41, 5.74) is 0.693. The Morgan fingerprint density at radius 1 is 1.37 bits per heavy atom. The number of anilines is 1. The van der Waals surface area contributed by atoms with Crippen molar-refractivity contribution in [3.63, 3.8) is 0 Å². The molecule has 2 aromatic rings. The van der Waals surface area contributed by atoms with Crippen molar-refractivity contribution in [2.45, 2.75) is 6.92 Å². The van der Waals surface area contributed by atoms with Gasteiger partial charge in [0.05, 0.1) is 6.07 Å². The zero-order chi connectivity index (χ0) is 14.0. The highest BCUT2D eigenvalue weighted by atomic mass is 19.1. The van der Waals surface area contributed by atoms with E-state index in [1.807, 2.05) is 0 Å². The fourth-order valence-corrected chi connectivity index (χ4v) is 1.41. The molecule has 1 aromatic heterocycles.